The number of benzene rings is 1. The first kappa shape index (κ1) is 13.5. The zero-order valence-corrected chi connectivity index (χ0v) is 11.9. The van der Waals surface area contributed by atoms with Gasteiger partial charge in [0.2, 0.25) is 0 Å². The van der Waals surface area contributed by atoms with Gasteiger partial charge in [0.1, 0.15) is 5.82 Å². The SMILES string of the molecule is CCNC(c1c(C)cc(F)cc1C)C(C)C1CC1. The normalized spacial score (nSPS) is 18.7. The van der Waals surface area contributed by atoms with Crippen molar-refractivity contribution in [2.24, 2.45) is 11.8 Å². The van der Waals surface area contributed by atoms with Crippen molar-refractivity contribution in [2.45, 2.75) is 46.6 Å². The average molecular weight is 249 g/mol. The monoisotopic (exact) mass is 249 g/mol. The second-order valence-electron chi connectivity index (χ2n) is 5.69. The molecule has 1 aliphatic rings. The van der Waals surface area contributed by atoms with Gasteiger partial charge in [-0.05, 0) is 73.9 Å². The lowest BCUT2D eigenvalue weighted by Gasteiger charge is -2.28. The van der Waals surface area contributed by atoms with E-state index in [0.29, 0.717) is 12.0 Å². The summed E-state index contributed by atoms with van der Waals surface area (Å²) in [6.45, 7) is 9.47. The Morgan fingerprint density at radius 2 is 1.83 bits per heavy atom. The molecule has 2 atom stereocenters. The number of hydrogen-bond acceptors (Lipinski definition) is 1. The summed E-state index contributed by atoms with van der Waals surface area (Å²) < 4.78 is 13.4. The molecule has 0 spiro atoms. The highest BCUT2D eigenvalue weighted by Crippen LogP contribution is 2.43. The van der Waals surface area contributed by atoms with Crippen LogP contribution in [0.15, 0.2) is 12.1 Å². The lowest BCUT2D eigenvalue weighted by atomic mass is 9.85. The minimum Gasteiger partial charge on any atom is -0.310 e. The van der Waals surface area contributed by atoms with E-state index in [1.807, 2.05) is 13.8 Å². The highest BCUT2D eigenvalue weighted by molar-refractivity contribution is 5.37. The molecule has 0 aliphatic heterocycles. The topological polar surface area (TPSA) is 12.0 Å². The molecule has 0 radical (unpaired) electrons. The van der Waals surface area contributed by atoms with Crippen molar-refractivity contribution >= 4 is 0 Å². The van der Waals surface area contributed by atoms with Crippen molar-refractivity contribution in [1.29, 1.82) is 0 Å². The summed E-state index contributed by atoms with van der Waals surface area (Å²) in [4.78, 5) is 0. The van der Waals surface area contributed by atoms with Crippen LogP contribution in [0.1, 0.15) is 49.4 Å². The molecule has 1 saturated carbocycles. The summed E-state index contributed by atoms with van der Waals surface area (Å²) in [5, 5.41) is 3.60. The van der Waals surface area contributed by atoms with Gasteiger partial charge in [-0.15, -0.1) is 0 Å². The molecule has 0 bridgehead atoms. The average Bonchev–Trinajstić information content (AvgIpc) is 3.09. The lowest BCUT2D eigenvalue weighted by Crippen LogP contribution is -2.29. The summed E-state index contributed by atoms with van der Waals surface area (Å²) in [6, 6.07) is 3.68. The van der Waals surface area contributed by atoms with Gasteiger partial charge in [0.25, 0.3) is 0 Å². The van der Waals surface area contributed by atoms with Crippen molar-refractivity contribution in [3.05, 3.63) is 34.6 Å². The summed E-state index contributed by atoms with van der Waals surface area (Å²) in [7, 11) is 0. The van der Waals surface area contributed by atoms with E-state index in [4.69, 9.17) is 0 Å². The third kappa shape index (κ3) is 2.74. The van der Waals surface area contributed by atoms with Crippen LogP contribution in [0.4, 0.5) is 4.39 Å². The predicted molar refractivity (Wildman–Crippen MR) is 74.2 cm³/mol. The first-order chi connectivity index (χ1) is 8.54. The molecule has 0 saturated heterocycles. The zero-order valence-electron chi connectivity index (χ0n) is 11.9. The summed E-state index contributed by atoms with van der Waals surface area (Å²) in [6.07, 6.45) is 2.70. The first-order valence-corrected chi connectivity index (χ1v) is 7.04. The molecule has 2 heteroatoms. The van der Waals surface area contributed by atoms with Crippen LogP contribution < -0.4 is 5.32 Å². The maximum Gasteiger partial charge on any atom is 0.123 e. The van der Waals surface area contributed by atoms with Gasteiger partial charge in [-0.25, -0.2) is 4.39 Å². The van der Waals surface area contributed by atoms with Crippen LogP contribution in [0, 0.1) is 31.5 Å². The van der Waals surface area contributed by atoms with E-state index < -0.39 is 0 Å². The molecule has 1 N–H and O–H groups in total. The highest BCUT2D eigenvalue weighted by atomic mass is 19.1. The number of nitrogens with one attached hydrogen (secondary N) is 1. The molecule has 0 heterocycles. The maximum absolute atomic E-state index is 13.4. The molecular formula is C16H24FN. The van der Waals surface area contributed by atoms with E-state index >= 15 is 0 Å². The molecule has 18 heavy (non-hydrogen) atoms. The van der Waals surface area contributed by atoms with E-state index in [9.17, 15) is 4.39 Å². The van der Waals surface area contributed by atoms with E-state index in [1.54, 1.807) is 12.1 Å². The smallest absolute Gasteiger partial charge is 0.123 e. The van der Waals surface area contributed by atoms with E-state index in [-0.39, 0.29) is 5.82 Å². The lowest BCUT2D eigenvalue weighted by molar-refractivity contribution is 0.352. The number of hydrogen-bond donors (Lipinski definition) is 1. The molecule has 0 aromatic heterocycles. The third-order valence-electron chi connectivity index (χ3n) is 4.18. The molecule has 0 amide bonds. The van der Waals surface area contributed by atoms with Gasteiger partial charge < -0.3 is 5.32 Å². The molecule has 2 unspecified atom stereocenters. The van der Waals surface area contributed by atoms with E-state index in [2.05, 4.69) is 19.2 Å². The molecule has 1 aromatic carbocycles. The Balaban J connectivity index is 2.35. The van der Waals surface area contributed by atoms with Gasteiger partial charge in [0, 0.05) is 6.04 Å². The number of halogens is 1. The van der Waals surface area contributed by atoms with Crippen molar-refractivity contribution in [3.8, 4) is 0 Å². The molecule has 1 fully saturated rings. The van der Waals surface area contributed by atoms with Crippen LogP contribution >= 0.6 is 0 Å². The van der Waals surface area contributed by atoms with Crippen LogP contribution in [0.2, 0.25) is 0 Å². The van der Waals surface area contributed by atoms with Crippen LogP contribution in [0.5, 0.6) is 0 Å². The predicted octanol–water partition coefficient (Wildman–Crippen LogP) is 4.14. The van der Waals surface area contributed by atoms with Crippen LogP contribution in [0.3, 0.4) is 0 Å². The quantitative estimate of drug-likeness (QED) is 0.827. The van der Waals surface area contributed by atoms with Gasteiger partial charge in [0.05, 0.1) is 0 Å². The summed E-state index contributed by atoms with van der Waals surface area (Å²) >= 11 is 0. The van der Waals surface area contributed by atoms with Gasteiger partial charge in [-0.2, -0.15) is 0 Å². The molecule has 1 aliphatic carbocycles. The maximum atomic E-state index is 13.4. The second kappa shape index (κ2) is 5.40. The Bertz CT molecular complexity index is 400. The van der Waals surface area contributed by atoms with Crippen molar-refractivity contribution in [1.82, 2.24) is 5.32 Å². The minimum atomic E-state index is -0.122. The Morgan fingerprint density at radius 3 is 2.28 bits per heavy atom. The molecule has 2 rings (SSSR count). The van der Waals surface area contributed by atoms with E-state index in [0.717, 1.165) is 23.6 Å². The zero-order chi connectivity index (χ0) is 13.3. The van der Waals surface area contributed by atoms with Crippen LogP contribution in [-0.2, 0) is 0 Å². The fraction of sp³-hybridized carbons (Fsp3) is 0.625. The third-order valence-corrected chi connectivity index (χ3v) is 4.18. The fourth-order valence-electron chi connectivity index (χ4n) is 3.08. The Labute approximate surface area is 110 Å². The van der Waals surface area contributed by atoms with Crippen molar-refractivity contribution in [2.75, 3.05) is 6.54 Å². The second-order valence-corrected chi connectivity index (χ2v) is 5.69. The van der Waals surface area contributed by atoms with Gasteiger partial charge >= 0.3 is 0 Å². The first-order valence-electron chi connectivity index (χ1n) is 7.04. The Kier molecular flexibility index (Phi) is 4.06. The van der Waals surface area contributed by atoms with Gasteiger partial charge in [-0.1, -0.05) is 13.8 Å². The van der Waals surface area contributed by atoms with Gasteiger partial charge in [0.15, 0.2) is 0 Å². The fourth-order valence-corrected chi connectivity index (χ4v) is 3.08. The highest BCUT2D eigenvalue weighted by Gasteiger charge is 2.34. The van der Waals surface area contributed by atoms with E-state index in [1.165, 1.54) is 18.4 Å². The van der Waals surface area contributed by atoms with Gasteiger partial charge in [-0.3, -0.25) is 0 Å². The Morgan fingerprint density at radius 1 is 1.28 bits per heavy atom. The molecule has 1 aromatic rings. The largest absolute Gasteiger partial charge is 0.310 e. The minimum absolute atomic E-state index is 0.122. The molecule has 1 nitrogen and oxygen atoms in total. The van der Waals surface area contributed by atoms with Crippen molar-refractivity contribution < 1.29 is 4.39 Å². The number of aryl methyl sites for hydroxylation is 2. The molecular weight excluding hydrogens is 225 g/mol. The molecule has 100 valence electrons. The van der Waals surface area contributed by atoms with Crippen LogP contribution in [0.25, 0.3) is 0 Å². The summed E-state index contributed by atoms with van der Waals surface area (Å²) in [5.74, 6) is 1.36. The van der Waals surface area contributed by atoms with Crippen molar-refractivity contribution in [3.63, 3.8) is 0 Å². The van der Waals surface area contributed by atoms with Crippen LogP contribution in [-0.4, -0.2) is 6.54 Å². The summed E-state index contributed by atoms with van der Waals surface area (Å²) in [5.41, 5.74) is 3.45. The number of rotatable bonds is 5. The Hall–Kier alpha value is -0.890. The standard InChI is InChI=1S/C16H24FN/c1-5-18-16(12(4)13-6-7-13)15-10(2)8-14(17)9-11(15)3/h8-9,12-13,16,18H,5-7H2,1-4H3.